The molecule has 1 heterocycles. The molecule has 2 aromatic rings. The maximum atomic E-state index is 3.46. The monoisotopic (exact) mass is 343 g/mol. The molecule has 0 aliphatic carbocycles. The number of anilines is 1. The first-order valence-electron chi connectivity index (χ1n) is 5.20. The van der Waals surface area contributed by atoms with Crippen LogP contribution in [0, 0.1) is 17.4 Å². The Balaban J connectivity index is 2.05. The molecule has 1 aromatic heterocycles. The van der Waals surface area contributed by atoms with E-state index in [1.165, 1.54) is 24.6 Å². The van der Waals surface area contributed by atoms with Gasteiger partial charge in [-0.3, -0.25) is 0 Å². The third kappa shape index (κ3) is 2.98. The maximum absolute atomic E-state index is 3.46. The van der Waals surface area contributed by atoms with Crippen LogP contribution in [-0.4, -0.2) is 0 Å². The molecule has 16 heavy (non-hydrogen) atoms. The third-order valence-corrected chi connectivity index (χ3v) is 4.13. The van der Waals surface area contributed by atoms with Gasteiger partial charge in [-0.2, -0.15) is 0 Å². The van der Waals surface area contributed by atoms with Crippen LogP contribution < -0.4 is 5.32 Å². The number of hydrogen-bond acceptors (Lipinski definition) is 2. The van der Waals surface area contributed by atoms with E-state index in [-0.39, 0.29) is 0 Å². The van der Waals surface area contributed by atoms with Crippen LogP contribution in [-0.2, 0) is 6.54 Å². The lowest BCUT2D eigenvalue weighted by molar-refractivity contribution is 1.14. The molecule has 2 rings (SSSR count). The van der Waals surface area contributed by atoms with Gasteiger partial charge in [-0.05, 0) is 66.3 Å². The van der Waals surface area contributed by atoms with Crippen LogP contribution in [0.5, 0.6) is 0 Å². The van der Waals surface area contributed by atoms with Crippen LogP contribution in [0.25, 0.3) is 0 Å². The minimum absolute atomic E-state index is 0.913. The van der Waals surface area contributed by atoms with Crippen molar-refractivity contribution in [1.82, 2.24) is 0 Å². The molecule has 0 spiro atoms. The van der Waals surface area contributed by atoms with Crippen LogP contribution in [0.15, 0.2) is 30.3 Å². The van der Waals surface area contributed by atoms with E-state index in [0.717, 1.165) is 6.54 Å². The summed E-state index contributed by atoms with van der Waals surface area (Å²) < 4.78 is 1.26. The Kier molecular flexibility index (Phi) is 3.86. The lowest BCUT2D eigenvalue weighted by Crippen LogP contribution is -1.99. The van der Waals surface area contributed by atoms with E-state index in [9.17, 15) is 0 Å². The minimum atomic E-state index is 0.913. The van der Waals surface area contributed by atoms with Gasteiger partial charge in [-0.15, -0.1) is 11.3 Å². The fourth-order valence-electron chi connectivity index (χ4n) is 1.65. The molecule has 0 saturated heterocycles. The van der Waals surface area contributed by atoms with Gasteiger partial charge in [0.1, 0.15) is 0 Å². The van der Waals surface area contributed by atoms with Gasteiger partial charge >= 0.3 is 0 Å². The third-order valence-electron chi connectivity index (χ3n) is 2.45. The Morgan fingerprint density at radius 3 is 2.69 bits per heavy atom. The van der Waals surface area contributed by atoms with Crippen molar-refractivity contribution in [2.75, 3.05) is 5.32 Å². The highest BCUT2D eigenvalue weighted by molar-refractivity contribution is 14.1. The van der Waals surface area contributed by atoms with Gasteiger partial charge in [0.15, 0.2) is 0 Å². The molecule has 0 aliphatic rings. The van der Waals surface area contributed by atoms with Crippen molar-refractivity contribution < 1.29 is 0 Å². The fraction of sp³-hybridized carbons (Fsp3) is 0.231. The summed E-state index contributed by atoms with van der Waals surface area (Å²) in [5.74, 6) is 0. The van der Waals surface area contributed by atoms with Crippen molar-refractivity contribution in [1.29, 1.82) is 0 Å². The van der Waals surface area contributed by atoms with E-state index in [1.807, 2.05) is 11.3 Å². The number of aryl methyl sites for hydroxylation is 2. The van der Waals surface area contributed by atoms with Crippen molar-refractivity contribution in [3.8, 4) is 0 Å². The highest BCUT2D eigenvalue weighted by Crippen LogP contribution is 2.22. The summed E-state index contributed by atoms with van der Waals surface area (Å²) in [4.78, 5) is 2.80. The SMILES string of the molecule is Cc1cc(CNc2cccc(I)c2)c(C)s1. The van der Waals surface area contributed by atoms with Crippen molar-refractivity contribution >= 4 is 39.6 Å². The largest absolute Gasteiger partial charge is 0.381 e. The Morgan fingerprint density at radius 2 is 2.06 bits per heavy atom. The molecule has 0 fully saturated rings. The number of thiophene rings is 1. The predicted molar refractivity (Wildman–Crippen MR) is 80.3 cm³/mol. The minimum Gasteiger partial charge on any atom is -0.381 e. The number of benzene rings is 1. The first-order chi connectivity index (χ1) is 7.65. The first-order valence-corrected chi connectivity index (χ1v) is 7.10. The zero-order valence-electron chi connectivity index (χ0n) is 9.38. The van der Waals surface area contributed by atoms with Crippen molar-refractivity contribution in [3.05, 3.63) is 49.2 Å². The van der Waals surface area contributed by atoms with Crippen molar-refractivity contribution in [2.45, 2.75) is 20.4 Å². The van der Waals surface area contributed by atoms with Crippen LogP contribution in [0.3, 0.4) is 0 Å². The molecule has 84 valence electrons. The zero-order valence-corrected chi connectivity index (χ0v) is 12.4. The fourth-order valence-corrected chi connectivity index (χ4v) is 3.14. The van der Waals surface area contributed by atoms with Crippen LogP contribution in [0.1, 0.15) is 15.3 Å². The lowest BCUT2D eigenvalue weighted by Gasteiger charge is -2.06. The number of halogens is 1. The summed E-state index contributed by atoms with van der Waals surface area (Å²) in [5.41, 5.74) is 2.59. The molecule has 1 N–H and O–H groups in total. The second-order valence-electron chi connectivity index (χ2n) is 3.80. The average molecular weight is 343 g/mol. The standard InChI is InChI=1S/C13H14INS/c1-9-6-11(10(2)16-9)8-15-13-5-3-4-12(14)7-13/h3-7,15H,8H2,1-2H3. The van der Waals surface area contributed by atoms with Crippen LogP contribution in [0.2, 0.25) is 0 Å². The second-order valence-corrected chi connectivity index (χ2v) is 6.51. The smallest absolute Gasteiger partial charge is 0.0411 e. The molecule has 0 unspecified atom stereocenters. The average Bonchev–Trinajstić information content (AvgIpc) is 2.54. The molecule has 0 saturated carbocycles. The summed E-state index contributed by atoms with van der Waals surface area (Å²) in [5, 5.41) is 3.46. The molecule has 0 aliphatic heterocycles. The predicted octanol–water partition coefficient (Wildman–Crippen LogP) is 4.58. The van der Waals surface area contributed by atoms with Crippen molar-refractivity contribution in [3.63, 3.8) is 0 Å². The summed E-state index contributed by atoms with van der Waals surface area (Å²) in [6.07, 6.45) is 0. The summed E-state index contributed by atoms with van der Waals surface area (Å²) >= 11 is 4.20. The molecule has 1 aromatic carbocycles. The van der Waals surface area contributed by atoms with Crippen LogP contribution in [0.4, 0.5) is 5.69 Å². The van der Waals surface area contributed by atoms with Gasteiger partial charge in [0.25, 0.3) is 0 Å². The Bertz CT molecular complexity index is 490. The molecular weight excluding hydrogens is 329 g/mol. The van der Waals surface area contributed by atoms with E-state index in [1.54, 1.807) is 0 Å². The Hall–Kier alpha value is -0.550. The van der Waals surface area contributed by atoms with Gasteiger partial charge in [0, 0.05) is 25.6 Å². The van der Waals surface area contributed by atoms with Crippen molar-refractivity contribution in [2.24, 2.45) is 0 Å². The maximum Gasteiger partial charge on any atom is 0.0411 e. The number of nitrogens with one attached hydrogen (secondary N) is 1. The Labute approximate surface area is 114 Å². The van der Waals surface area contributed by atoms with Gasteiger partial charge in [-0.1, -0.05) is 6.07 Å². The first kappa shape index (κ1) is 11.9. The van der Waals surface area contributed by atoms with E-state index in [2.05, 4.69) is 72.1 Å². The van der Waals surface area contributed by atoms with E-state index < -0.39 is 0 Å². The summed E-state index contributed by atoms with van der Waals surface area (Å²) in [6, 6.07) is 10.7. The molecule has 1 nitrogen and oxygen atoms in total. The summed E-state index contributed by atoms with van der Waals surface area (Å²) in [7, 11) is 0. The zero-order chi connectivity index (χ0) is 11.5. The molecule has 0 radical (unpaired) electrons. The van der Waals surface area contributed by atoms with Gasteiger partial charge in [-0.25, -0.2) is 0 Å². The van der Waals surface area contributed by atoms with E-state index >= 15 is 0 Å². The highest BCUT2D eigenvalue weighted by Gasteiger charge is 2.02. The topological polar surface area (TPSA) is 12.0 Å². The second kappa shape index (κ2) is 5.19. The Morgan fingerprint density at radius 1 is 1.25 bits per heavy atom. The van der Waals surface area contributed by atoms with Gasteiger partial charge in [0.2, 0.25) is 0 Å². The molecule has 0 amide bonds. The molecule has 0 bridgehead atoms. The molecular formula is C13H14INS. The van der Waals surface area contributed by atoms with Gasteiger partial charge in [0.05, 0.1) is 0 Å². The normalized spacial score (nSPS) is 10.4. The van der Waals surface area contributed by atoms with Crippen LogP contribution >= 0.6 is 33.9 Å². The number of hydrogen-bond donors (Lipinski definition) is 1. The van der Waals surface area contributed by atoms with E-state index in [0.29, 0.717) is 0 Å². The molecule has 0 atom stereocenters. The number of rotatable bonds is 3. The molecule has 3 heteroatoms. The highest BCUT2D eigenvalue weighted by atomic mass is 127. The quantitative estimate of drug-likeness (QED) is 0.805. The van der Waals surface area contributed by atoms with E-state index in [4.69, 9.17) is 0 Å². The lowest BCUT2D eigenvalue weighted by atomic mass is 10.2. The van der Waals surface area contributed by atoms with Gasteiger partial charge < -0.3 is 5.32 Å². The summed E-state index contributed by atoms with van der Waals surface area (Å²) in [6.45, 7) is 5.26.